The third-order valence-electron chi connectivity index (χ3n) is 2.28. The summed E-state index contributed by atoms with van der Waals surface area (Å²) in [5, 5.41) is 17.3. The quantitative estimate of drug-likeness (QED) is 0.683. The van der Waals surface area contributed by atoms with Crippen molar-refractivity contribution in [3.8, 4) is 5.75 Å². The van der Waals surface area contributed by atoms with Crippen molar-refractivity contribution in [2.24, 2.45) is 10.2 Å². The molecule has 0 heterocycles. The molecule has 1 N–H and O–H groups in total. The molecule has 0 fully saturated rings. The molecule has 0 aromatic heterocycles. The number of phenolic OH excluding ortho intramolecular Hbond substituents is 1. The Hall–Kier alpha value is -1.94. The summed E-state index contributed by atoms with van der Waals surface area (Å²) in [6.07, 6.45) is 3.17. The first-order chi connectivity index (χ1) is 8.75. The first-order valence-electron chi connectivity index (χ1n) is 5.36. The Kier molecular flexibility index (Phi) is 4.25. The van der Waals surface area contributed by atoms with Crippen LogP contribution in [0.2, 0.25) is 0 Å². The fraction of sp³-hybridized carbons (Fsp3) is 0. The number of para-hydroxylation sites is 1. The van der Waals surface area contributed by atoms with Crippen molar-refractivity contribution in [3.63, 3.8) is 0 Å². The molecule has 0 saturated carbocycles. The molecule has 0 atom stereocenters. The highest BCUT2D eigenvalue weighted by Crippen LogP contribution is 2.12. The summed E-state index contributed by atoms with van der Waals surface area (Å²) in [6, 6.07) is 14.7. The highest BCUT2D eigenvalue weighted by atomic mass is 79.9. The van der Waals surface area contributed by atoms with Crippen molar-refractivity contribution in [2.75, 3.05) is 0 Å². The molecule has 2 aromatic carbocycles. The maximum Gasteiger partial charge on any atom is 0.124 e. The van der Waals surface area contributed by atoms with E-state index in [1.165, 1.54) is 6.21 Å². The fourth-order valence-corrected chi connectivity index (χ4v) is 1.61. The minimum Gasteiger partial charge on any atom is -0.507 e. The van der Waals surface area contributed by atoms with Crippen LogP contribution in [0.25, 0.3) is 0 Å². The predicted octanol–water partition coefficient (Wildman–Crippen LogP) is 3.61. The number of rotatable bonds is 3. The van der Waals surface area contributed by atoms with E-state index in [1.807, 2.05) is 30.3 Å². The van der Waals surface area contributed by atoms with Crippen LogP contribution in [0.15, 0.2) is 63.2 Å². The van der Waals surface area contributed by atoms with E-state index in [0.717, 1.165) is 10.0 Å². The number of halogens is 1. The Labute approximate surface area is 114 Å². The lowest BCUT2D eigenvalue weighted by molar-refractivity contribution is 0.474. The minimum atomic E-state index is 0.195. The van der Waals surface area contributed by atoms with Crippen molar-refractivity contribution in [1.29, 1.82) is 0 Å². The third kappa shape index (κ3) is 3.53. The van der Waals surface area contributed by atoms with Crippen LogP contribution in [0.3, 0.4) is 0 Å². The van der Waals surface area contributed by atoms with E-state index >= 15 is 0 Å². The monoisotopic (exact) mass is 302 g/mol. The van der Waals surface area contributed by atoms with Crippen LogP contribution in [-0.2, 0) is 0 Å². The second kappa shape index (κ2) is 6.12. The normalized spacial score (nSPS) is 11.4. The summed E-state index contributed by atoms with van der Waals surface area (Å²) in [5.74, 6) is 0.195. The van der Waals surface area contributed by atoms with Gasteiger partial charge in [-0.25, -0.2) is 0 Å². The van der Waals surface area contributed by atoms with Gasteiger partial charge in [0.1, 0.15) is 5.75 Å². The van der Waals surface area contributed by atoms with Crippen molar-refractivity contribution < 1.29 is 5.11 Å². The number of aromatic hydroxyl groups is 1. The molecule has 0 aliphatic carbocycles. The lowest BCUT2D eigenvalue weighted by Crippen LogP contribution is -1.81. The molecule has 2 rings (SSSR count). The van der Waals surface area contributed by atoms with Gasteiger partial charge >= 0.3 is 0 Å². The van der Waals surface area contributed by atoms with Gasteiger partial charge in [0, 0.05) is 10.0 Å². The molecule has 0 aliphatic rings. The first-order valence-corrected chi connectivity index (χ1v) is 6.15. The van der Waals surface area contributed by atoms with Gasteiger partial charge < -0.3 is 5.11 Å². The summed E-state index contributed by atoms with van der Waals surface area (Å²) in [6.45, 7) is 0. The van der Waals surface area contributed by atoms with Crippen LogP contribution in [0.4, 0.5) is 0 Å². The van der Waals surface area contributed by atoms with E-state index in [9.17, 15) is 5.11 Å². The maximum atomic E-state index is 9.51. The number of benzene rings is 2. The topological polar surface area (TPSA) is 45.0 Å². The van der Waals surface area contributed by atoms with Crippen molar-refractivity contribution >= 4 is 28.4 Å². The lowest BCUT2D eigenvalue weighted by atomic mass is 10.2. The second-order valence-corrected chi connectivity index (χ2v) is 4.52. The second-order valence-electron chi connectivity index (χ2n) is 3.60. The van der Waals surface area contributed by atoms with Crippen molar-refractivity contribution in [2.45, 2.75) is 0 Å². The Morgan fingerprint density at radius 3 is 2.28 bits per heavy atom. The summed E-state index contributed by atoms with van der Waals surface area (Å²) < 4.78 is 1.03. The summed E-state index contributed by atoms with van der Waals surface area (Å²) in [7, 11) is 0. The Morgan fingerprint density at radius 1 is 0.889 bits per heavy atom. The van der Waals surface area contributed by atoms with Crippen LogP contribution < -0.4 is 0 Å². The largest absolute Gasteiger partial charge is 0.507 e. The summed E-state index contributed by atoms with van der Waals surface area (Å²) >= 11 is 3.36. The molecule has 4 heteroatoms. The summed E-state index contributed by atoms with van der Waals surface area (Å²) in [4.78, 5) is 0. The molecule has 0 bridgehead atoms. The highest BCUT2D eigenvalue weighted by molar-refractivity contribution is 9.10. The van der Waals surface area contributed by atoms with Gasteiger partial charge in [-0.2, -0.15) is 10.2 Å². The summed E-state index contributed by atoms with van der Waals surface area (Å²) in [5.41, 5.74) is 1.61. The number of hydrogen-bond acceptors (Lipinski definition) is 3. The molecule has 2 aromatic rings. The van der Waals surface area contributed by atoms with Gasteiger partial charge in [0.05, 0.1) is 12.4 Å². The van der Waals surface area contributed by atoms with Gasteiger partial charge in [-0.1, -0.05) is 40.2 Å². The molecule has 3 nitrogen and oxygen atoms in total. The van der Waals surface area contributed by atoms with Gasteiger partial charge in [-0.05, 0) is 29.8 Å². The standard InChI is InChI=1S/C14H11BrN2O/c15-13-7-5-11(6-8-13)9-16-17-10-12-3-1-2-4-14(12)18/h1-10,18H. The zero-order valence-electron chi connectivity index (χ0n) is 9.49. The number of nitrogens with zero attached hydrogens (tertiary/aromatic N) is 2. The number of hydrogen-bond donors (Lipinski definition) is 1. The van der Waals surface area contributed by atoms with E-state index < -0.39 is 0 Å². The Morgan fingerprint density at radius 2 is 1.56 bits per heavy atom. The number of phenols is 1. The molecule has 0 saturated heterocycles. The van der Waals surface area contributed by atoms with Crippen LogP contribution >= 0.6 is 15.9 Å². The van der Waals surface area contributed by atoms with Gasteiger partial charge in [0.25, 0.3) is 0 Å². The zero-order chi connectivity index (χ0) is 12.8. The molecule has 0 unspecified atom stereocenters. The average molecular weight is 303 g/mol. The van der Waals surface area contributed by atoms with Crippen LogP contribution in [-0.4, -0.2) is 17.5 Å². The maximum absolute atomic E-state index is 9.51. The van der Waals surface area contributed by atoms with Gasteiger partial charge in [-0.3, -0.25) is 0 Å². The van der Waals surface area contributed by atoms with E-state index in [2.05, 4.69) is 26.1 Å². The van der Waals surface area contributed by atoms with E-state index in [4.69, 9.17) is 0 Å². The molecule has 0 amide bonds. The van der Waals surface area contributed by atoms with Crippen LogP contribution in [0.1, 0.15) is 11.1 Å². The smallest absolute Gasteiger partial charge is 0.124 e. The average Bonchev–Trinajstić information content (AvgIpc) is 2.39. The third-order valence-corrected chi connectivity index (χ3v) is 2.81. The van der Waals surface area contributed by atoms with Crippen LogP contribution in [0.5, 0.6) is 5.75 Å². The highest BCUT2D eigenvalue weighted by Gasteiger charge is 1.93. The molecule has 90 valence electrons. The fourth-order valence-electron chi connectivity index (χ4n) is 1.34. The molecule has 0 spiro atoms. The Balaban J connectivity index is 2.03. The first kappa shape index (κ1) is 12.5. The predicted molar refractivity (Wildman–Crippen MR) is 77.4 cm³/mol. The lowest BCUT2D eigenvalue weighted by Gasteiger charge is -1.94. The van der Waals surface area contributed by atoms with Gasteiger partial charge in [-0.15, -0.1) is 0 Å². The van der Waals surface area contributed by atoms with Crippen molar-refractivity contribution in [3.05, 3.63) is 64.1 Å². The molecular weight excluding hydrogens is 292 g/mol. The van der Waals surface area contributed by atoms with E-state index in [-0.39, 0.29) is 5.75 Å². The molecule has 0 radical (unpaired) electrons. The van der Waals surface area contributed by atoms with Gasteiger partial charge in [0.15, 0.2) is 0 Å². The molecule has 18 heavy (non-hydrogen) atoms. The Bertz CT molecular complexity index is 577. The van der Waals surface area contributed by atoms with Crippen molar-refractivity contribution in [1.82, 2.24) is 0 Å². The van der Waals surface area contributed by atoms with Gasteiger partial charge in [0.2, 0.25) is 0 Å². The SMILES string of the molecule is Oc1ccccc1C=NN=Cc1ccc(Br)cc1. The molecule has 0 aliphatic heterocycles. The van der Waals surface area contributed by atoms with E-state index in [0.29, 0.717) is 5.56 Å². The molecular formula is C14H11BrN2O. The zero-order valence-corrected chi connectivity index (χ0v) is 11.1. The van der Waals surface area contributed by atoms with Crippen LogP contribution in [0, 0.1) is 0 Å². The minimum absolute atomic E-state index is 0.195. The van der Waals surface area contributed by atoms with E-state index in [1.54, 1.807) is 24.4 Å².